The molecule has 1 saturated heterocycles. The lowest BCUT2D eigenvalue weighted by Gasteiger charge is -2.26. The minimum atomic E-state index is -3.60. The molecule has 2 rings (SSSR count). The second-order valence-corrected chi connectivity index (χ2v) is 6.79. The maximum absolute atomic E-state index is 12.5. The number of rotatable bonds is 6. The fraction of sp³-hybridized carbons (Fsp3) is 0.571. The second kappa shape index (κ2) is 7.22. The summed E-state index contributed by atoms with van der Waals surface area (Å²) >= 11 is 0. The van der Waals surface area contributed by atoms with E-state index in [0.29, 0.717) is 12.3 Å². The van der Waals surface area contributed by atoms with E-state index in [1.807, 2.05) is 7.05 Å². The van der Waals surface area contributed by atoms with Crippen LogP contribution in [0.25, 0.3) is 0 Å². The van der Waals surface area contributed by atoms with Crippen molar-refractivity contribution in [1.82, 2.24) is 15.2 Å². The first kappa shape index (κ1) is 16.2. The second-order valence-electron chi connectivity index (χ2n) is 5.16. The SMILES string of the molecule is CNCc1ccc(S(=O)(=O)NN2CCCCC2)c(OC)c1. The van der Waals surface area contributed by atoms with Crippen LogP contribution in [0.4, 0.5) is 0 Å². The lowest BCUT2D eigenvalue weighted by molar-refractivity contribution is 0.199. The molecule has 0 saturated carbocycles. The van der Waals surface area contributed by atoms with Crippen molar-refractivity contribution in [2.24, 2.45) is 0 Å². The molecule has 1 heterocycles. The highest BCUT2D eigenvalue weighted by molar-refractivity contribution is 7.89. The molecule has 21 heavy (non-hydrogen) atoms. The minimum absolute atomic E-state index is 0.176. The van der Waals surface area contributed by atoms with Gasteiger partial charge in [0.25, 0.3) is 10.0 Å². The number of nitrogens with one attached hydrogen (secondary N) is 2. The van der Waals surface area contributed by atoms with E-state index in [1.165, 1.54) is 7.11 Å². The normalized spacial score (nSPS) is 16.9. The fourth-order valence-corrected chi connectivity index (χ4v) is 3.73. The Balaban J connectivity index is 2.21. The predicted molar refractivity (Wildman–Crippen MR) is 81.5 cm³/mol. The maximum Gasteiger partial charge on any atom is 0.257 e. The van der Waals surface area contributed by atoms with Crippen molar-refractivity contribution in [1.29, 1.82) is 0 Å². The van der Waals surface area contributed by atoms with E-state index < -0.39 is 10.0 Å². The van der Waals surface area contributed by atoms with Crippen LogP contribution in [0.1, 0.15) is 24.8 Å². The zero-order chi connectivity index (χ0) is 15.3. The molecule has 0 radical (unpaired) electrons. The van der Waals surface area contributed by atoms with Gasteiger partial charge in [0, 0.05) is 19.6 Å². The van der Waals surface area contributed by atoms with E-state index in [2.05, 4.69) is 10.1 Å². The van der Waals surface area contributed by atoms with Crippen LogP contribution in [0.3, 0.4) is 0 Å². The van der Waals surface area contributed by atoms with Crippen LogP contribution in [-0.4, -0.2) is 40.7 Å². The smallest absolute Gasteiger partial charge is 0.257 e. The maximum atomic E-state index is 12.5. The molecular weight excluding hydrogens is 290 g/mol. The highest BCUT2D eigenvalue weighted by Crippen LogP contribution is 2.25. The number of benzene rings is 1. The molecule has 0 amide bonds. The summed E-state index contributed by atoms with van der Waals surface area (Å²) in [7, 11) is -0.277. The molecule has 1 fully saturated rings. The van der Waals surface area contributed by atoms with Crippen molar-refractivity contribution in [2.45, 2.75) is 30.7 Å². The molecule has 1 aromatic carbocycles. The van der Waals surface area contributed by atoms with Gasteiger partial charge in [0.1, 0.15) is 10.6 Å². The lowest BCUT2D eigenvalue weighted by atomic mass is 10.2. The number of piperidine rings is 1. The zero-order valence-corrected chi connectivity index (χ0v) is 13.4. The van der Waals surface area contributed by atoms with Crippen LogP contribution in [0, 0.1) is 0 Å². The van der Waals surface area contributed by atoms with Gasteiger partial charge in [0.2, 0.25) is 0 Å². The van der Waals surface area contributed by atoms with Crippen molar-refractivity contribution in [3.05, 3.63) is 23.8 Å². The van der Waals surface area contributed by atoms with Crippen molar-refractivity contribution in [2.75, 3.05) is 27.2 Å². The van der Waals surface area contributed by atoms with Gasteiger partial charge < -0.3 is 10.1 Å². The molecule has 0 bridgehead atoms. The number of methoxy groups -OCH3 is 1. The van der Waals surface area contributed by atoms with E-state index >= 15 is 0 Å². The third-order valence-corrected chi connectivity index (χ3v) is 4.92. The summed E-state index contributed by atoms with van der Waals surface area (Å²) in [6.07, 6.45) is 3.18. The number of ether oxygens (including phenoxy) is 1. The Morgan fingerprint density at radius 1 is 1.24 bits per heavy atom. The number of sulfonamides is 1. The molecule has 1 aromatic rings. The average Bonchev–Trinajstić information content (AvgIpc) is 2.48. The van der Waals surface area contributed by atoms with Gasteiger partial charge >= 0.3 is 0 Å². The number of nitrogens with zero attached hydrogens (tertiary/aromatic N) is 1. The van der Waals surface area contributed by atoms with Crippen molar-refractivity contribution >= 4 is 10.0 Å². The van der Waals surface area contributed by atoms with Gasteiger partial charge in [-0.3, -0.25) is 0 Å². The van der Waals surface area contributed by atoms with E-state index in [4.69, 9.17) is 4.74 Å². The number of hydrogen-bond acceptors (Lipinski definition) is 5. The molecular formula is C14H23N3O3S. The van der Waals surface area contributed by atoms with Crippen LogP contribution in [0.2, 0.25) is 0 Å². The lowest BCUT2D eigenvalue weighted by Crippen LogP contribution is -2.44. The van der Waals surface area contributed by atoms with Gasteiger partial charge in [-0.05, 0) is 37.6 Å². The standard InChI is InChI=1S/C14H23N3O3S/c1-15-11-12-6-7-14(13(10-12)20-2)21(18,19)16-17-8-4-3-5-9-17/h6-7,10,15-16H,3-5,8-9,11H2,1-2H3. The summed E-state index contributed by atoms with van der Waals surface area (Å²) in [6.45, 7) is 2.16. The Hall–Kier alpha value is -1.15. The van der Waals surface area contributed by atoms with E-state index in [9.17, 15) is 8.42 Å². The van der Waals surface area contributed by atoms with Gasteiger partial charge in [-0.2, -0.15) is 0 Å². The Labute approximate surface area is 126 Å². The molecule has 0 atom stereocenters. The Kier molecular flexibility index (Phi) is 5.58. The summed E-state index contributed by atoms with van der Waals surface area (Å²) in [6, 6.07) is 5.14. The fourth-order valence-electron chi connectivity index (χ4n) is 2.45. The molecule has 0 spiro atoms. The highest BCUT2D eigenvalue weighted by atomic mass is 32.2. The first-order chi connectivity index (χ1) is 10.1. The summed E-state index contributed by atoms with van der Waals surface area (Å²) in [5, 5.41) is 4.79. The molecule has 7 heteroatoms. The summed E-state index contributed by atoms with van der Waals surface area (Å²) in [4.78, 5) is 2.82. The van der Waals surface area contributed by atoms with Crippen molar-refractivity contribution in [3.63, 3.8) is 0 Å². The number of hydrazine groups is 1. The van der Waals surface area contributed by atoms with Gasteiger partial charge in [-0.15, -0.1) is 4.83 Å². The quantitative estimate of drug-likeness (QED) is 0.823. The Morgan fingerprint density at radius 3 is 2.57 bits per heavy atom. The van der Waals surface area contributed by atoms with Crippen LogP contribution in [0.15, 0.2) is 23.1 Å². The van der Waals surface area contributed by atoms with Gasteiger partial charge in [0.05, 0.1) is 7.11 Å². The van der Waals surface area contributed by atoms with E-state index in [0.717, 1.165) is 37.9 Å². The zero-order valence-electron chi connectivity index (χ0n) is 12.6. The molecule has 0 aromatic heterocycles. The van der Waals surface area contributed by atoms with E-state index in [-0.39, 0.29) is 4.90 Å². The molecule has 1 aliphatic rings. The Bertz CT molecular complexity index is 569. The average molecular weight is 313 g/mol. The van der Waals surface area contributed by atoms with Crippen LogP contribution in [-0.2, 0) is 16.6 Å². The minimum Gasteiger partial charge on any atom is -0.495 e. The van der Waals surface area contributed by atoms with Crippen LogP contribution < -0.4 is 14.9 Å². The molecule has 118 valence electrons. The molecule has 0 aliphatic carbocycles. The summed E-state index contributed by atoms with van der Waals surface area (Å²) < 4.78 is 30.2. The molecule has 0 unspecified atom stereocenters. The molecule has 1 aliphatic heterocycles. The summed E-state index contributed by atoms with van der Waals surface area (Å²) in [5.74, 6) is 0.368. The molecule has 2 N–H and O–H groups in total. The van der Waals surface area contributed by atoms with Crippen molar-refractivity contribution < 1.29 is 13.2 Å². The molecule has 6 nitrogen and oxygen atoms in total. The third kappa shape index (κ3) is 4.16. The predicted octanol–water partition coefficient (Wildman–Crippen LogP) is 1.09. The van der Waals surface area contributed by atoms with Crippen LogP contribution in [0.5, 0.6) is 5.75 Å². The van der Waals surface area contributed by atoms with E-state index in [1.54, 1.807) is 23.2 Å². The Morgan fingerprint density at radius 2 is 1.95 bits per heavy atom. The number of hydrogen-bond donors (Lipinski definition) is 2. The van der Waals surface area contributed by atoms with Crippen LogP contribution >= 0.6 is 0 Å². The van der Waals surface area contributed by atoms with Gasteiger partial charge in [-0.1, -0.05) is 12.5 Å². The monoisotopic (exact) mass is 313 g/mol. The first-order valence-electron chi connectivity index (χ1n) is 7.16. The largest absolute Gasteiger partial charge is 0.495 e. The van der Waals surface area contributed by atoms with Crippen molar-refractivity contribution in [3.8, 4) is 5.75 Å². The summed E-state index contributed by atoms with van der Waals surface area (Å²) in [5.41, 5.74) is 0.978. The van der Waals surface area contributed by atoms with Gasteiger partial charge in [0.15, 0.2) is 0 Å². The topological polar surface area (TPSA) is 70.7 Å². The highest BCUT2D eigenvalue weighted by Gasteiger charge is 2.23. The third-order valence-electron chi connectivity index (χ3n) is 3.50. The van der Waals surface area contributed by atoms with Gasteiger partial charge in [-0.25, -0.2) is 13.4 Å². The first-order valence-corrected chi connectivity index (χ1v) is 8.64.